The van der Waals surface area contributed by atoms with Gasteiger partial charge < -0.3 is 20.8 Å². The number of carboxylic acid groups (broad SMARTS) is 1. The van der Waals surface area contributed by atoms with Crippen LogP contribution in [0.25, 0.3) is 0 Å². The molecular weight excluding hydrogens is 236 g/mol. The lowest BCUT2D eigenvalue weighted by Gasteiger charge is -2.32. The van der Waals surface area contributed by atoms with E-state index in [-0.39, 0.29) is 24.9 Å². The lowest BCUT2D eigenvalue weighted by molar-refractivity contribution is -0.144. The van der Waals surface area contributed by atoms with Gasteiger partial charge in [0.1, 0.15) is 6.04 Å². The maximum Gasteiger partial charge on any atom is 0.326 e. The smallest absolute Gasteiger partial charge is 0.326 e. The molecule has 6 nitrogen and oxygen atoms in total. The number of carbonyl (C=O) groups excluding carboxylic acids is 1. The third kappa shape index (κ3) is 3.00. The number of aliphatic carboxylic acids is 1. The second kappa shape index (κ2) is 6.15. The van der Waals surface area contributed by atoms with Crippen molar-refractivity contribution in [1.82, 2.24) is 10.6 Å². The van der Waals surface area contributed by atoms with Gasteiger partial charge in [0.25, 0.3) is 0 Å². The first-order valence-electron chi connectivity index (χ1n) is 6.29. The van der Waals surface area contributed by atoms with Crippen LogP contribution in [-0.4, -0.2) is 47.8 Å². The van der Waals surface area contributed by atoms with Gasteiger partial charge in [-0.15, -0.1) is 0 Å². The average molecular weight is 258 g/mol. The van der Waals surface area contributed by atoms with E-state index in [0.717, 1.165) is 6.54 Å². The summed E-state index contributed by atoms with van der Waals surface area (Å²) in [5.74, 6) is -1.21. The molecule has 0 spiro atoms. The number of aliphatic hydroxyl groups is 1. The van der Waals surface area contributed by atoms with E-state index in [4.69, 9.17) is 10.2 Å². The van der Waals surface area contributed by atoms with Crippen LogP contribution in [-0.2, 0) is 9.59 Å². The Balaban J connectivity index is 2.75. The normalized spacial score (nSPS) is 25.1. The second-order valence-electron chi connectivity index (χ2n) is 5.11. The Labute approximate surface area is 107 Å². The molecule has 1 amide bonds. The SMILES string of the molecule is CC(C)C1(C(=O)N[C@H](CCO)C(=O)O)CCNC1. The van der Waals surface area contributed by atoms with Gasteiger partial charge in [0.15, 0.2) is 0 Å². The number of nitrogens with one attached hydrogen (secondary N) is 2. The summed E-state index contributed by atoms with van der Waals surface area (Å²) in [6, 6.07) is -1.02. The number of hydrogen-bond acceptors (Lipinski definition) is 4. The van der Waals surface area contributed by atoms with Crippen LogP contribution in [0.5, 0.6) is 0 Å². The van der Waals surface area contributed by atoms with Crippen molar-refractivity contribution in [3.63, 3.8) is 0 Å². The Bertz CT molecular complexity index is 311. The van der Waals surface area contributed by atoms with Gasteiger partial charge in [-0.3, -0.25) is 4.79 Å². The first-order valence-corrected chi connectivity index (χ1v) is 6.29. The van der Waals surface area contributed by atoms with Gasteiger partial charge in [-0.25, -0.2) is 4.79 Å². The number of amides is 1. The summed E-state index contributed by atoms with van der Waals surface area (Å²) in [4.78, 5) is 23.3. The van der Waals surface area contributed by atoms with Crippen molar-refractivity contribution >= 4 is 11.9 Å². The lowest BCUT2D eigenvalue weighted by Crippen LogP contribution is -2.51. The first-order chi connectivity index (χ1) is 8.44. The molecule has 4 N–H and O–H groups in total. The summed E-state index contributed by atoms with van der Waals surface area (Å²) in [5, 5.41) is 23.5. The van der Waals surface area contributed by atoms with E-state index in [9.17, 15) is 9.59 Å². The molecule has 2 atom stereocenters. The van der Waals surface area contributed by atoms with Crippen molar-refractivity contribution in [2.24, 2.45) is 11.3 Å². The van der Waals surface area contributed by atoms with Crippen molar-refractivity contribution in [1.29, 1.82) is 0 Å². The van der Waals surface area contributed by atoms with Crippen LogP contribution < -0.4 is 10.6 Å². The number of aliphatic hydroxyl groups excluding tert-OH is 1. The van der Waals surface area contributed by atoms with Crippen molar-refractivity contribution < 1.29 is 19.8 Å². The zero-order valence-corrected chi connectivity index (χ0v) is 10.9. The van der Waals surface area contributed by atoms with Gasteiger partial charge in [0.05, 0.1) is 5.41 Å². The standard InChI is InChI=1S/C12H22N2O4/c1-8(2)12(4-5-13-7-12)11(18)14-9(3-6-15)10(16)17/h8-9,13,15H,3-7H2,1-2H3,(H,14,18)(H,16,17)/t9-,12?/m1/s1. The Hall–Kier alpha value is -1.14. The van der Waals surface area contributed by atoms with Gasteiger partial charge in [0, 0.05) is 19.6 Å². The fraction of sp³-hybridized carbons (Fsp3) is 0.833. The molecule has 0 bridgehead atoms. The largest absolute Gasteiger partial charge is 0.480 e. The van der Waals surface area contributed by atoms with Crippen LogP contribution in [0, 0.1) is 11.3 Å². The number of carbonyl (C=O) groups is 2. The summed E-state index contributed by atoms with van der Waals surface area (Å²) in [6.45, 7) is 5.01. The number of hydrogen-bond donors (Lipinski definition) is 4. The molecule has 1 unspecified atom stereocenters. The highest BCUT2D eigenvalue weighted by Gasteiger charge is 2.44. The fourth-order valence-corrected chi connectivity index (χ4v) is 2.35. The predicted molar refractivity (Wildman–Crippen MR) is 66.0 cm³/mol. The molecule has 1 aliphatic heterocycles. The quantitative estimate of drug-likeness (QED) is 0.518. The molecule has 0 saturated carbocycles. The molecule has 1 rings (SSSR count). The second-order valence-corrected chi connectivity index (χ2v) is 5.11. The summed E-state index contributed by atoms with van der Waals surface area (Å²) in [5.41, 5.74) is -0.539. The minimum atomic E-state index is -1.11. The summed E-state index contributed by atoms with van der Waals surface area (Å²) in [6.07, 6.45) is 0.741. The zero-order valence-electron chi connectivity index (χ0n) is 10.9. The zero-order chi connectivity index (χ0) is 13.8. The van der Waals surface area contributed by atoms with Crippen molar-refractivity contribution in [3.8, 4) is 0 Å². The van der Waals surface area contributed by atoms with E-state index in [1.807, 2.05) is 13.8 Å². The minimum Gasteiger partial charge on any atom is -0.480 e. The van der Waals surface area contributed by atoms with E-state index >= 15 is 0 Å². The molecule has 6 heteroatoms. The van der Waals surface area contributed by atoms with E-state index in [2.05, 4.69) is 10.6 Å². The number of carboxylic acids is 1. The van der Waals surface area contributed by atoms with Crippen LogP contribution in [0.4, 0.5) is 0 Å². The van der Waals surface area contributed by atoms with Crippen molar-refractivity contribution in [2.75, 3.05) is 19.7 Å². The molecule has 0 aromatic heterocycles. The molecule has 1 aliphatic rings. The van der Waals surface area contributed by atoms with Gasteiger partial charge >= 0.3 is 5.97 Å². The molecular formula is C12H22N2O4. The molecule has 1 saturated heterocycles. The molecule has 18 heavy (non-hydrogen) atoms. The molecule has 0 aliphatic carbocycles. The maximum absolute atomic E-state index is 12.3. The van der Waals surface area contributed by atoms with Gasteiger partial charge in [-0.05, 0) is 18.9 Å². The molecule has 0 aromatic carbocycles. The maximum atomic E-state index is 12.3. The highest BCUT2D eigenvalue weighted by Crippen LogP contribution is 2.34. The lowest BCUT2D eigenvalue weighted by atomic mass is 9.75. The third-order valence-electron chi connectivity index (χ3n) is 3.77. The van der Waals surface area contributed by atoms with Crippen LogP contribution in [0.1, 0.15) is 26.7 Å². The molecule has 1 heterocycles. The van der Waals surface area contributed by atoms with Crippen LogP contribution in [0.3, 0.4) is 0 Å². The van der Waals surface area contributed by atoms with Crippen LogP contribution in [0.2, 0.25) is 0 Å². The van der Waals surface area contributed by atoms with E-state index < -0.39 is 17.4 Å². The summed E-state index contributed by atoms with van der Waals surface area (Å²) < 4.78 is 0. The predicted octanol–water partition coefficient (Wildman–Crippen LogP) is -0.426. The summed E-state index contributed by atoms with van der Waals surface area (Å²) >= 11 is 0. The van der Waals surface area contributed by atoms with Crippen molar-refractivity contribution in [3.05, 3.63) is 0 Å². The Kier molecular flexibility index (Phi) is 5.10. The van der Waals surface area contributed by atoms with Gasteiger partial charge in [-0.1, -0.05) is 13.8 Å². The highest BCUT2D eigenvalue weighted by atomic mass is 16.4. The Morgan fingerprint density at radius 3 is 2.50 bits per heavy atom. The monoisotopic (exact) mass is 258 g/mol. The molecule has 0 aromatic rings. The minimum absolute atomic E-state index is 0.0304. The van der Waals surface area contributed by atoms with E-state index in [1.54, 1.807) is 0 Å². The van der Waals surface area contributed by atoms with Gasteiger partial charge in [-0.2, -0.15) is 0 Å². The Morgan fingerprint density at radius 1 is 1.44 bits per heavy atom. The molecule has 104 valence electrons. The average Bonchev–Trinajstić information content (AvgIpc) is 2.78. The van der Waals surface area contributed by atoms with Crippen LogP contribution in [0.15, 0.2) is 0 Å². The highest BCUT2D eigenvalue weighted by molar-refractivity contribution is 5.88. The van der Waals surface area contributed by atoms with Crippen LogP contribution >= 0.6 is 0 Å². The van der Waals surface area contributed by atoms with E-state index in [1.165, 1.54) is 0 Å². The summed E-state index contributed by atoms with van der Waals surface area (Å²) in [7, 11) is 0. The van der Waals surface area contributed by atoms with Crippen molar-refractivity contribution in [2.45, 2.75) is 32.7 Å². The first kappa shape index (κ1) is 14.9. The fourth-order valence-electron chi connectivity index (χ4n) is 2.35. The van der Waals surface area contributed by atoms with E-state index in [0.29, 0.717) is 13.0 Å². The third-order valence-corrected chi connectivity index (χ3v) is 3.77. The topological polar surface area (TPSA) is 98.7 Å². The molecule has 0 radical (unpaired) electrons. The molecule has 1 fully saturated rings. The Morgan fingerprint density at radius 2 is 2.11 bits per heavy atom. The van der Waals surface area contributed by atoms with Gasteiger partial charge in [0.2, 0.25) is 5.91 Å². The number of rotatable bonds is 6.